The molecular formula is C20H28N8. The Balaban J connectivity index is 2.31. The summed E-state index contributed by atoms with van der Waals surface area (Å²) >= 11 is 0. The van der Waals surface area contributed by atoms with Crippen molar-refractivity contribution >= 4 is 28.6 Å². The molecule has 0 aromatic carbocycles. The molecule has 0 saturated carbocycles. The van der Waals surface area contributed by atoms with E-state index in [1.54, 1.807) is 31.7 Å². The third-order valence-electron chi connectivity index (χ3n) is 4.20. The van der Waals surface area contributed by atoms with Gasteiger partial charge < -0.3 is 32.4 Å². The first kappa shape index (κ1) is 20.8. The van der Waals surface area contributed by atoms with E-state index in [1.807, 2.05) is 18.2 Å². The summed E-state index contributed by atoms with van der Waals surface area (Å²) in [4.78, 5) is 11.1. The monoisotopic (exact) mass is 380 g/mol. The van der Waals surface area contributed by atoms with Crippen LogP contribution in [0, 0.1) is 5.41 Å². The van der Waals surface area contributed by atoms with Gasteiger partial charge >= 0.3 is 0 Å². The van der Waals surface area contributed by atoms with Gasteiger partial charge in [0, 0.05) is 62.2 Å². The molecule has 0 bridgehead atoms. The van der Waals surface area contributed by atoms with Crippen LogP contribution in [0.2, 0.25) is 0 Å². The van der Waals surface area contributed by atoms with Crippen molar-refractivity contribution in [3.63, 3.8) is 0 Å². The van der Waals surface area contributed by atoms with Gasteiger partial charge in [-0.15, -0.1) is 0 Å². The standard InChI is InChI=1S/C20H28N8/c1-4-28(5-2)16(11-22)9-19(23)27-20-7-6-17-18(26-20)8-14(13-25-17)15(10-21)12-24-3/h6-13,21,24H,4-5,22-23H2,1-3H3,(H,26,27)/b15-12+,16-11+,19-9+,21-10?. The summed E-state index contributed by atoms with van der Waals surface area (Å²) in [5.41, 5.74) is 15.7. The molecule has 0 saturated heterocycles. The van der Waals surface area contributed by atoms with Gasteiger partial charge in [-0.1, -0.05) is 0 Å². The van der Waals surface area contributed by atoms with E-state index in [2.05, 4.69) is 39.3 Å². The van der Waals surface area contributed by atoms with Gasteiger partial charge in [-0.2, -0.15) is 0 Å². The van der Waals surface area contributed by atoms with Gasteiger partial charge in [0.15, 0.2) is 0 Å². The predicted molar refractivity (Wildman–Crippen MR) is 116 cm³/mol. The van der Waals surface area contributed by atoms with Gasteiger partial charge in [-0.3, -0.25) is 4.98 Å². The lowest BCUT2D eigenvalue weighted by Gasteiger charge is -2.22. The number of pyridine rings is 2. The van der Waals surface area contributed by atoms with E-state index < -0.39 is 0 Å². The number of hydrogen-bond donors (Lipinski definition) is 5. The van der Waals surface area contributed by atoms with Crippen molar-refractivity contribution in [2.45, 2.75) is 13.8 Å². The fraction of sp³-hybridized carbons (Fsp3) is 0.250. The van der Waals surface area contributed by atoms with E-state index in [4.69, 9.17) is 16.9 Å². The summed E-state index contributed by atoms with van der Waals surface area (Å²) in [5.74, 6) is 1.04. The van der Waals surface area contributed by atoms with Gasteiger partial charge in [0.1, 0.15) is 11.6 Å². The van der Waals surface area contributed by atoms with Gasteiger partial charge in [0.2, 0.25) is 0 Å². The summed E-state index contributed by atoms with van der Waals surface area (Å²) in [6, 6.07) is 5.58. The lowest BCUT2D eigenvalue weighted by Crippen LogP contribution is -2.23. The van der Waals surface area contributed by atoms with Crippen molar-refractivity contribution in [1.29, 1.82) is 5.41 Å². The minimum atomic E-state index is 0.440. The molecule has 0 radical (unpaired) electrons. The third kappa shape index (κ3) is 5.00. The molecule has 0 aliphatic heterocycles. The summed E-state index contributed by atoms with van der Waals surface area (Å²) < 4.78 is 0. The Labute approximate surface area is 165 Å². The zero-order valence-electron chi connectivity index (χ0n) is 16.5. The molecule has 2 heterocycles. The van der Waals surface area contributed by atoms with Crippen LogP contribution >= 0.6 is 0 Å². The normalized spacial score (nSPS) is 12.8. The highest BCUT2D eigenvalue weighted by atomic mass is 15.1. The molecule has 28 heavy (non-hydrogen) atoms. The van der Waals surface area contributed by atoms with Crippen LogP contribution in [-0.2, 0) is 0 Å². The summed E-state index contributed by atoms with van der Waals surface area (Å²) in [6.45, 7) is 5.79. The Morgan fingerprint density at radius 1 is 1.25 bits per heavy atom. The second-order valence-electron chi connectivity index (χ2n) is 5.98. The summed E-state index contributed by atoms with van der Waals surface area (Å²) in [6.07, 6.45) is 8.07. The molecule has 2 rings (SSSR count). The highest BCUT2D eigenvalue weighted by molar-refractivity contribution is 6.08. The molecule has 8 nitrogen and oxygen atoms in total. The largest absolute Gasteiger partial charge is 0.403 e. The van der Waals surface area contributed by atoms with Crippen LogP contribution in [0.4, 0.5) is 5.82 Å². The molecular weight excluding hydrogens is 352 g/mol. The molecule has 148 valence electrons. The van der Waals surface area contributed by atoms with Crippen molar-refractivity contribution in [2.24, 2.45) is 11.5 Å². The van der Waals surface area contributed by atoms with Crippen LogP contribution in [0.1, 0.15) is 19.4 Å². The van der Waals surface area contributed by atoms with E-state index >= 15 is 0 Å². The number of likely N-dealkylation sites (N-methyl/N-ethyl adjacent to an activating group) is 1. The number of nitrogens with zero attached hydrogens (tertiary/aromatic N) is 3. The first-order chi connectivity index (χ1) is 13.6. The van der Waals surface area contributed by atoms with Gasteiger partial charge in [0.05, 0.1) is 16.7 Å². The summed E-state index contributed by atoms with van der Waals surface area (Å²) in [5, 5.41) is 13.6. The Bertz CT molecular complexity index is 910. The maximum Gasteiger partial charge on any atom is 0.132 e. The summed E-state index contributed by atoms with van der Waals surface area (Å²) in [7, 11) is 1.79. The minimum absolute atomic E-state index is 0.440. The Morgan fingerprint density at radius 3 is 2.61 bits per heavy atom. The topological polar surface area (TPSA) is 129 Å². The van der Waals surface area contributed by atoms with E-state index in [9.17, 15) is 0 Å². The van der Waals surface area contributed by atoms with Crippen LogP contribution in [0.3, 0.4) is 0 Å². The van der Waals surface area contributed by atoms with Crippen molar-refractivity contribution in [1.82, 2.24) is 20.2 Å². The average Bonchev–Trinajstić information content (AvgIpc) is 2.71. The van der Waals surface area contributed by atoms with Crippen molar-refractivity contribution < 1.29 is 0 Å². The lowest BCUT2D eigenvalue weighted by atomic mass is 10.1. The van der Waals surface area contributed by atoms with Crippen LogP contribution in [0.15, 0.2) is 54.4 Å². The van der Waals surface area contributed by atoms with E-state index in [0.717, 1.165) is 29.9 Å². The number of allylic oxidation sites excluding steroid dienone is 2. The first-order valence-corrected chi connectivity index (χ1v) is 9.12. The molecule has 0 aliphatic rings. The molecule has 8 heteroatoms. The van der Waals surface area contributed by atoms with Crippen molar-refractivity contribution in [3.05, 3.63) is 60.0 Å². The zero-order chi connectivity index (χ0) is 20.5. The number of hydrogen-bond acceptors (Lipinski definition) is 8. The maximum atomic E-state index is 7.56. The van der Waals surface area contributed by atoms with E-state index in [0.29, 0.717) is 22.7 Å². The lowest BCUT2D eigenvalue weighted by molar-refractivity contribution is 0.393. The first-order valence-electron chi connectivity index (χ1n) is 9.12. The van der Waals surface area contributed by atoms with Gasteiger partial charge in [-0.25, -0.2) is 4.98 Å². The highest BCUT2D eigenvalue weighted by Gasteiger charge is 2.06. The Kier molecular flexibility index (Phi) is 7.38. The molecule has 2 aromatic heterocycles. The van der Waals surface area contributed by atoms with Crippen LogP contribution < -0.4 is 22.1 Å². The number of aromatic nitrogens is 2. The second-order valence-corrected chi connectivity index (χ2v) is 5.98. The number of nitrogens with one attached hydrogen (secondary N) is 3. The third-order valence-corrected chi connectivity index (χ3v) is 4.20. The number of nitrogens with two attached hydrogens (primary N) is 2. The van der Waals surface area contributed by atoms with E-state index in [-0.39, 0.29) is 0 Å². The fourth-order valence-corrected chi connectivity index (χ4v) is 2.77. The molecule has 0 atom stereocenters. The van der Waals surface area contributed by atoms with Crippen LogP contribution in [-0.4, -0.2) is 41.2 Å². The molecule has 0 spiro atoms. The smallest absolute Gasteiger partial charge is 0.132 e. The number of anilines is 1. The number of fused-ring (bicyclic) bond motifs is 1. The SMILES string of the molecule is CCN(CC)C(/C=C(\N)Nc1ccc2ncc(/C(C=N)=C/NC)cc2n1)=C/N. The van der Waals surface area contributed by atoms with E-state index in [1.165, 1.54) is 6.21 Å². The second kappa shape index (κ2) is 9.96. The van der Waals surface area contributed by atoms with Gasteiger partial charge in [0.25, 0.3) is 0 Å². The van der Waals surface area contributed by atoms with Crippen LogP contribution in [0.25, 0.3) is 16.6 Å². The number of rotatable bonds is 9. The molecule has 0 fully saturated rings. The molecule has 0 amide bonds. The predicted octanol–water partition coefficient (Wildman–Crippen LogP) is 2.19. The molecule has 0 aliphatic carbocycles. The molecule has 2 aromatic rings. The van der Waals surface area contributed by atoms with Gasteiger partial charge in [-0.05, 0) is 32.0 Å². The van der Waals surface area contributed by atoms with Crippen molar-refractivity contribution in [2.75, 3.05) is 25.5 Å². The zero-order valence-corrected chi connectivity index (χ0v) is 16.5. The average molecular weight is 381 g/mol. The molecule has 0 unspecified atom stereocenters. The molecule has 7 N–H and O–H groups in total. The van der Waals surface area contributed by atoms with Crippen molar-refractivity contribution in [3.8, 4) is 0 Å². The maximum absolute atomic E-state index is 7.56. The minimum Gasteiger partial charge on any atom is -0.403 e. The Morgan fingerprint density at radius 2 is 2.00 bits per heavy atom. The highest BCUT2D eigenvalue weighted by Crippen LogP contribution is 2.19. The Hall–Kier alpha value is -3.55. The fourth-order valence-electron chi connectivity index (χ4n) is 2.77. The van der Waals surface area contributed by atoms with Crippen LogP contribution in [0.5, 0.6) is 0 Å². The quantitative estimate of drug-likeness (QED) is 0.333.